The number of likely N-dealkylation sites (N-methyl/N-ethyl adjacent to an activating group) is 1. The van der Waals surface area contributed by atoms with Crippen LogP contribution in [0.5, 0.6) is 0 Å². The van der Waals surface area contributed by atoms with Crippen LogP contribution >= 0.6 is 11.3 Å². The molecule has 16 heteroatoms. The predicted octanol–water partition coefficient (Wildman–Crippen LogP) is 6.54. The maximum absolute atomic E-state index is 16.3. The van der Waals surface area contributed by atoms with Crippen molar-refractivity contribution < 1.29 is 36.6 Å². The molecule has 1 aromatic carbocycles. The maximum atomic E-state index is 16.3. The average Bonchev–Trinajstić information content (AvgIpc) is 3.73. The summed E-state index contributed by atoms with van der Waals surface area (Å²) in [5.41, 5.74) is 5.20. The van der Waals surface area contributed by atoms with Gasteiger partial charge >= 0.3 is 12.1 Å². The van der Waals surface area contributed by atoms with Crippen molar-refractivity contribution in [1.29, 1.82) is 0 Å². The summed E-state index contributed by atoms with van der Waals surface area (Å²) in [6.07, 6.45) is -1.86. The molecule has 11 nitrogen and oxygen atoms in total. The van der Waals surface area contributed by atoms with Crippen molar-refractivity contribution in [1.82, 2.24) is 29.9 Å². The lowest BCUT2D eigenvalue weighted by Gasteiger charge is -2.34. The number of alkyl halides is 3. The molecule has 2 atom stereocenters. The quantitative estimate of drug-likeness (QED) is 0.179. The molecule has 0 radical (unpaired) electrons. The molecule has 4 aromatic rings. The number of methoxy groups -OCH3 is 1. The van der Waals surface area contributed by atoms with Gasteiger partial charge in [0.25, 0.3) is 0 Å². The van der Waals surface area contributed by atoms with E-state index in [1.807, 2.05) is 27.0 Å². The molecular weight excluding hydrogens is 739 g/mol. The summed E-state index contributed by atoms with van der Waals surface area (Å²) in [4.78, 5) is 40.5. The van der Waals surface area contributed by atoms with E-state index in [-0.39, 0.29) is 42.1 Å². The Balaban J connectivity index is 1.46. The van der Waals surface area contributed by atoms with Gasteiger partial charge in [0.15, 0.2) is 0 Å². The third-order valence-corrected chi connectivity index (χ3v) is 11.7. The Morgan fingerprint density at radius 2 is 1.85 bits per heavy atom. The van der Waals surface area contributed by atoms with E-state index in [2.05, 4.69) is 20.2 Å². The third-order valence-electron chi connectivity index (χ3n) is 10.8. The number of ether oxygens (including phenoxy) is 2. The molecular formula is C39H47F4N7O4S. The summed E-state index contributed by atoms with van der Waals surface area (Å²) in [6.45, 7) is 7.59. The Labute approximate surface area is 321 Å². The number of hydrogen-bond acceptors (Lipinski definition) is 10. The number of amides is 1. The molecule has 3 aliphatic rings. The van der Waals surface area contributed by atoms with Gasteiger partial charge in [-0.05, 0) is 57.0 Å². The molecule has 3 aliphatic heterocycles. The number of halogens is 4. The number of benzene rings is 1. The molecule has 2 unspecified atom stereocenters. The number of carbonyl (C=O) groups is 2. The van der Waals surface area contributed by atoms with Gasteiger partial charge < -0.3 is 23.8 Å². The number of esters is 1. The molecule has 0 saturated carbocycles. The summed E-state index contributed by atoms with van der Waals surface area (Å²) < 4.78 is 73.3. The van der Waals surface area contributed by atoms with Crippen LogP contribution in [0.3, 0.4) is 0 Å². The topological polar surface area (TPSA) is 105 Å². The standard InChI is InChI=1S/C39H47F4N7O4S/c1-23(53-5)35-27(15-24(19-44-35)48-13-11-47(4)12-14-48)36-28-18-38(2,3)22-54-37(52)30-7-6-10-50(46-30)34(51)9-8-33-45-31(20-55-33)26-16-25(28)32(17-29(26)40)49(36)21-39(41,42)43/h15-17,19-20,23,30,46H,6-14,18,21-22H2,1-5H3. The van der Waals surface area contributed by atoms with E-state index >= 15 is 4.39 Å². The van der Waals surface area contributed by atoms with Crippen molar-refractivity contribution in [2.75, 3.05) is 58.4 Å². The van der Waals surface area contributed by atoms with Crippen LogP contribution in [-0.2, 0) is 38.4 Å². The fourth-order valence-electron chi connectivity index (χ4n) is 7.73. The van der Waals surface area contributed by atoms with Crippen molar-refractivity contribution in [3.05, 3.63) is 51.9 Å². The normalized spacial score (nSPS) is 20.8. The number of thiazole rings is 1. The number of carbonyl (C=O) groups excluding carboxylic acids is 2. The molecule has 55 heavy (non-hydrogen) atoms. The summed E-state index contributed by atoms with van der Waals surface area (Å²) in [5.74, 6) is -1.43. The zero-order chi connectivity index (χ0) is 39.2. The van der Waals surface area contributed by atoms with E-state index < -0.39 is 42.1 Å². The summed E-state index contributed by atoms with van der Waals surface area (Å²) >= 11 is 1.29. The Morgan fingerprint density at radius 1 is 1.09 bits per heavy atom. The zero-order valence-electron chi connectivity index (χ0n) is 31.8. The van der Waals surface area contributed by atoms with E-state index in [1.165, 1.54) is 23.5 Å². The van der Waals surface area contributed by atoms with Crippen LogP contribution in [-0.4, -0.2) is 102 Å². The van der Waals surface area contributed by atoms with Crippen molar-refractivity contribution in [3.63, 3.8) is 0 Å². The molecule has 2 fully saturated rings. The maximum Gasteiger partial charge on any atom is 0.406 e. The van der Waals surface area contributed by atoms with Crippen LogP contribution in [0.25, 0.3) is 33.4 Å². The lowest BCUT2D eigenvalue weighted by Crippen LogP contribution is -2.55. The number of hydrazine groups is 1. The minimum atomic E-state index is -4.66. The molecule has 1 N–H and O–H groups in total. The third kappa shape index (κ3) is 8.37. The number of pyridine rings is 1. The van der Waals surface area contributed by atoms with Gasteiger partial charge in [0.05, 0.1) is 52.2 Å². The smallest absolute Gasteiger partial charge is 0.406 e. The second-order valence-electron chi connectivity index (χ2n) is 15.6. The van der Waals surface area contributed by atoms with Gasteiger partial charge in [-0.15, -0.1) is 11.3 Å². The predicted molar refractivity (Wildman–Crippen MR) is 202 cm³/mol. The lowest BCUT2D eigenvalue weighted by atomic mass is 9.84. The Hall–Kier alpha value is -4.12. The number of aryl methyl sites for hydroxylation is 1. The van der Waals surface area contributed by atoms with Crippen molar-refractivity contribution in [2.24, 2.45) is 5.41 Å². The molecule has 7 rings (SSSR count). The van der Waals surface area contributed by atoms with E-state index in [0.717, 1.165) is 29.4 Å². The van der Waals surface area contributed by atoms with E-state index in [9.17, 15) is 22.8 Å². The second-order valence-corrected chi connectivity index (χ2v) is 16.6. The van der Waals surface area contributed by atoms with Crippen LogP contribution in [0, 0.1) is 11.2 Å². The van der Waals surface area contributed by atoms with Gasteiger partial charge in [-0.25, -0.2) is 14.8 Å². The van der Waals surface area contributed by atoms with Crippen molar-refractivity contribution in [2.45, 2.75) is 77.7 Å². The van der Waals surface area contributed by atoms with Crippen LogP contribution in [0.15, 0.2) is 29.8 Å². The number of rotatable bonds is 5. The van der Waals surface area contributed by atoms with Gasteiger partial charge in [-0.1, -0.05) is 13.8 Å². The van der Waals surface area contributed by atoms with Crippen LogP contribution in [0.4, 0.5) is 23.2 Å². The van der Waals surface area contributed by atoms with Crippen LogP contribution in [0.1, 0.15) is 62.4 Å². The lowest BCUT2D eigenvalue weighted by molar-refractivity contribution is -0.154. The van der Waals surface area contributed by atoms with E-state index in [4.69, 9.17) is 14.5 Å². The van der Waals surface area contributed by atoms with Gasteiger partial charge in [0.2, 0.25) is 5.91 Å². The number of hydrogen-bond donors (Lipinski definition) is 1. The molecule has 6 heterocycles. The number of anilines is 1. The number of nitrogens with zero attached hydrogens (tertiary/aromatic N) is 6. The van der Waals surface area contributed by atoms with Crippen LogP contribution < -0.4 is 10.3 Å². The van der Waals surface area contributed by atoms with E-state index in [0.29, 0.717) is 71.8 Å². The Morgan fingerprint density at radius 3 is 2.58 bits per heavy atom. The first-order chi connectivity index (χ1) is 26.1. The van der Waals surface area contributed by atoms with Crippen molar-refractivity contribution >= 4 is 39.8 Å². The average molecular weight is 786 g/mol. The fraction of sp³-hybridized carbons (Fsp3) is 0.538. The number of fused-ring (bicyclic) bond motifs is 6. The largest absolute Gasteiger partial charge is 0.464 e. The zero-order valence-corrected chi connectivity index (χ0v) is 32.6. The molecule has 2 saturated heterocycles. The monoisotopic (exact) mass is 785 g/mol. The summed E-state index contributed by atoms with van der Waals surface area (Å²) in [7, 11) is 3.56. The SMILES string of the molecule is COC(C)c1ncc(N2CCN(C)CC2)cc1-c1c2c3cc(c(F)cc3n1CC(F)(F)F)-c1csc(n1)CCC(=O)N1CCCC(N1)C(=O)OCC(C)(C)C2. The molecule has 6 bridgehead atoms. The number of cyclic esters (lactones) is 1. The van der Waals surface area contributed by atoms with Gasteiger partial charge in [-0.3, -0.25) is 19.6 Å². The fourth-order valence-corrected chi connectivity index (χ4v) is 8.52. The highest BCUT2D eigenvalue weighted by Gasteiger charge is 2.37. The molecule has 296 valence electrons. The molecule has 3 aromatic heterocycles. The summed E-state index contributed by atoms with van der Waals surface area (Å²) in [5, 5.41) is 4.19. The highest BCUT2D eigenvalue weighted by atomic mass is 32.1. The Bertz CT molecular complexity index is 2070. The minimum Gasteiger partial charge on any atom is -0.464 e. The van der Waals surface area contributed by atoms with Crippen LogP contribution in [0.2, 0.25) is 0 Å². The highest BCUT2D eigenvalue weighted by molar-refractivity contribution is 7.09. The number of piperazine rings is 1. The first kappa shape index (κ1) is 39.1. The summed E-state index contributed by atoms with van der Waals surface area (Å²) in [6, 6.07) is 3.90. The first-order valence-corrected chi connectivity index (χ1v) is 19.5. The first-order valence-electron chi connectivity index (χ1n) is 18.7. The second kappa shape index (κ2) is 15.4. The van der Waals surface area contributed by atoms with Gasteiger partial charge in [0, 0.05) is 80.0 Å². The van der Waals surface area contributed by atoms with Crippen molar-refractivity contribution in [3.8, 4) is 22.5 Å². The van der Waals surface area contributed by atoms with E-state index in [1.54, 1.807) is 24.6 Å². The molecule has 0 spiro atoms. The minimum absolute atomic E-state index is 0.0617. The number of aromatic nitrogens is 3. The molecule has 0 aliphatic carbocycles. The van der Waals surface area contributed by atoms with Gasteiger partial charge in [0.1, 0.15) is 18.4 Å². The van der Waals surface area contributed by atoms with Gasteiger partial charge in [-0.2, -0.15) is 13.2 Å². The number of nitrogens with one attached hydrogen (secondary N) is 1. The Kier molecular flexibility index (Phi) is 11.0. The highest BCUT2D eigenvalue weighted by Crippen LogP contribution is 2.44. The molecule has 1 amide bonds.